The van der Waals surface area contributed by atoms with Gasteiger partial charge in [0.25, 0.3) is 0 Å². The van der Waals surface area contributed by atoms with E-state index >= 15 is 0 Å². The first-order valence-electron chi connectivity index (χ1n) is 7.68. The standard InChI is InChI=1S/C15H29NO/c1-13-7-9-15(10-8-13)16(11-12-17)14-5-3-2-4-6-14/h13-15,17H,2-12H2,1H3. The zero-order valence-corrected chi connectivity index (χ0v) is 11.4. The Hall–Kier alpha value is -0.0800. The minimum atomic E-state index is 0.336. The maximum Gasteiger partial charge on any atom is 0.0558 e. The van der Waals surface area contributed by atoms with Crippen molar-refractivity contribution in [3.05, 3.63) is 0 Å². The van der Waals surface area contributed by atoms with Crippen molar-refractivity contribution >= 4 is 0 Å². The van der Waals surface area contributed by atoms with E-state index in [1.54, 1.807) is 0 Å². The van der Waals surface area contributed by atoms with E-state index in [4.69, 9.17) is 0 Å². The van der Waals surface area contributed by atoms with E-state index in [-0.39, 0.29) is 0 Å². The number of hydrogen-bond donors (Lipinski definition) is 1. The molecule has 100 valence electrons. The van der Waals surface area contributed by atoms with Gasteiger partial charge in [-0.15, -0.1) is 0 Å². The van der Waals surface area contributed by atoms with Crippen LogP contribution in [0.25, 0.3) is 0 Å². The van der Waals surface area contributed by atoms with Crippen molar-refractivity contribution in [2.45, 2.75) is 76.8 Å². The third-order valence-corrected chi connectivity index (χ3v) is 4.86. The lowest BCUT2D eigenvalue weighted by Gasteiger charge is -2.42. The van der Waals surface area contributed by atoms with Crippen molar-refractivity contribution in [2.75, 3.05) is 13.2 Å². The summed E-state index contributed by atoms with van der Waals surface area (Å²) in [5.74, 6) is 0.925. The highest BCUT2D eigenvalue weighted by Gasteiger charge is 2.29. The van der Waals surface area contributed by atoms with E-state index in [1.807, 2.05) is 0 Å². The Kier molecular flexibility index (Phi) is 5.30. The Labute approximate surface area is 106 Å². The first kappa shape index (κ1) is 13.4. The molecule has 0 amide bonds. The second kappa shape index (κ2) is 6.75. The molecule has 0 aliphatic heterocycles. The first-order valence-corrected chi connectivity index (χ1v) is 7.68. The van der Waals surface area contributed by atoms with Gasteiger partial charge >= 0.3 is 0 Å². The summed E-state index contributed by atoms with van der Waals surface area (Å²) in [5.41, 5.74) is 0. The third kappa shape index (κ3) is 3.69. The Morgan fingerprint density at radius 3 is 2.06 bits per heavy atom. The summed E-state index contributed by atoms with van der Waals surface area (Å²) in [5, 5.41) is 9.31. The van der Waals surface area contributed by atoms with Gasteiger partial charge < -0.3 is 5.11 Å². The van der Waals surface area contributed by atoms with Gasteiger partial charge in [0.2, 0.25) is 0 Å². The fourth-order valence-corrected chi connectivity index (χ4v) is 3.77. The van der Waals surface area contributed by atoms with E-state index in [0.29, 0.717) is 6.61 Å². The second-order valence-corrected chi connectivity index (χ2v) is 6.17. The summed E-state index contributed by atoms with van der Waals surface area (Å²) in [7, 11) is 0. The molecule has 0 spiro atoms. The molecule has 2 aliphatic carbocycles. The molecule has 2 nitrogen and oxygen atoms in total. The van der Waals surface area contributed by atoms with Gasteiger partial charge in [-0.1, -0.05) is 26.2 Å². The highest BCUT2D eigenvalue weighted by atomic mass is 16.3. The lowest BCUT2D eigenvalue weighted by Crippen LogP contribution is -2.47. The minimum Gasteiger partial charge on any atom is -0.395 e. The average molecular weight is 239 g/mol. The van der Waals surface area contributed by atoms with Crippen LogP contribution in [0, 0.1) is 5.92 Å². The number of aliphatic hydroxyl groups is 1. The summed E-state index contributed by atoms with van der Waals surface area (Å²) >= 11 is 0. The van der Waals surface area contributed by atoms with Gasteiger partial charge in [0.05, 0.1) is 6.61 Å². The van der Waals surface area contributed by atoms with Crippen LogP contribution in [-0.2, 0) is 0 Å². The molecular formula is C15H29NO. The van der Waals surface area contributed by atoms with Gasteiger partial charge in [-0.05, 0) is 44.4 Å². The smallest absolute Gasteiger partial charge is 0.0558 e. The molecule has 0 saturated heterocycles. The largest absolute Gasteiger partial charge is 0.395 e. The van der Waals surface area contributed by atoms with Crippen molar-refractivity contribution in [3.63, 3.8) is 0 Å². The van der Waals surface area contributed by atoms with Crippen LogP contribution in [0.4, 0.5) is 0 Å². The monoisotopic (exact) mass is 239 g/mol. The van der Waals surface area contributed by atoms with Crippen LogP contribution in [0.15, 0.2) is 0 Å². The molecule has 0 atom stereocenters. The first-order chi connectivity index (χ1) is 8.31. The Morgan fingerprint density at radius 1 is 0.882 bits per heavy atom. The molecule has 0 heterocycles. The molecule has 0 aromatic heterocycles. The molecular weight excluding hydrogens is 210 g/mol. The summed E-state index contributed by atoms with van der Waals surface area (Å²) in [6.07, 6.45) is 12.4. The molecule has 0 unspecified atom stereocenters. The van der Waals surface area contributed by atoms with Gasteiger partial charge in [-0.3, -0.25) is 4.90 Å². The zero-order chi connectivity index (χ0) is 12.1. The van der Waals surface area contributed by atoms with Crippen LogP contribution in [0.2, 0.25) is 0 Å². The normalized spacial score (nSPS) is 31.9. The summed E-state index contributed by atoms with van der Waals surface area (Å²) in [6, 6.07) is 1.54. The maximum absolute atomic E-state index is 9.31. The molecule has 1 N–H and O–H groups in total. The highest BCUT2D eigenvalue weighted by molar-refractivity contribution is 4.84. The van der Waals surface area contributed by atoms with Crippen molar-refractivity contribution < 1.29 is 5.11 Å². The van der Waals surface area contributed by atoms with Crippen molar-refractivity contribution in [1.29, 1.82) is 0 Å². The number of rotatable bonds is 4. The lowest BCUT2D eigenvalue weighted by atomic mass is 9.84. The molecule has 2 rings (SSSR count). The Bertz CT molecular complexity index is 205. The SMILES string of the molecule is CC1CCC(N(CCO)C2CCCCC2)CC1. The molecule has 0 bridgehead atoms. The maximum atomic E-state index is 9.31. The van der Waals surface area contributed by atoms with Crippen LogP contribution in [0.5, 0.6) is 0 Å². The van der Waals surface area contributed by atoms with Gasteiger partial charge in [-0.2, -0.15) is 0 Å². The molecule has 2 saturated carbocycles. The van der Waals surface area contributed by atoms with E-state index in [9.17, 15) is 5.11 Å². The molecule has 2 fully saturated rings. The van der Waals surface area contributed by atoms with E-state index in [2.05, 4.69) is 11.8 Å². The molecule has 2 heteroatoms. The summed E-state index contributed by atoms with van der Waals surface area (Å²) < 4.78 is 0. The predicted octanol–water partition coefficient (Wildman–Crippen LogP) is 3.19. The Balaban J connectivity index is 1.90. The highest BCUT2D eigenvalue weighted by Crippen LogP contribution is 2.31. The van der Waals surface area contributed by atoms with Crippen molar-refractivity contribution in [3.8, 4) is 0 Å². The zero-order valence-electron chi connectivity index (χ0n) is 11.4. The van der Waals surface area contributed by atoms with Crippen molar-refractivity contribution in [2.24, 2.45) is 5.92 Å². The predicted molar refractivity (Wildman–Crippen MR) is 72.1 cm³/mol. The fourth-order valence-electron chi connectivity index (χ4n) is 3.77. The van der Waals surface area contributed by atoms with E-state index in [0.717, 1.165) is 24.5 Å². The minimum absolute atomic E-state index is 0.336. The molecule has 2 aliphatic rings. The van der Waals surface area contributed by atoms with Gasteiger partial charge in [-0.25, -0.2) is 0 Å². The van der Waals surface area contributed by atoms with Gasteiger partial charge in [0.1, 0.15) is 0 Å². The van der Waals surface area contributed by atoms with Crippen LogP contribution in [0.1, 0.15) is 64.7 Å². The number of hydrogen-bond acceptors (Lipinski definition) is 2. The average Bonchev–Trinajstić information content (AvgIpc) is 2.38. The van der Waals surface area contributed by atoms with Crippen LogP contribution in [-0.4, -0.2) is 35.2 Å². The lowest BCUT2D eigenvalue weighted by molar-refractivity contribution is 0.0552. The van der Waals surface area contributed by atoms with Crippen LogP contribution < -0.4 is 0 Å². The molecule has 17 heavy (non-hydrogen) atoms. The Morgan fingerprint density at radius 2 is 1.47 bits per heavy atom. The molecule has 0 aromatic rings. The van der Waals surface area contributed by atoms with E-state index < -0.39 is 0 Å². The van der Waals surface area contributed by atoms with E-state index in [1.165, 1.54) is 57.8 Å². The summed E-state index contributed by atoms with van der Waals surface area (Å²) in [4.78, 5) is 2.66. The second-order valence-electron chi connectivity index (χ2n) is 6.17. The topological polar surface area (TPSA) is 23.5 Å². The van der Waals surface area contributed by atoms with Gasteiger partial charge in [0.15, 0.2) is 0 Å². The number of aliphatic hydroxyl groups excluding tert-OH is 1. The quantitative estimate of drug-likeness (QED) is 0.814. The van der Waals surface area contributed by atoms with Crippen LogP contribution in [0.3, 0.4) is 0 Å². The molecule has 0 aromatic carbocycles. The molecule has 0 radical (unpaired) electrons. The summed E-state index contributed by atoms with van der Waals surface area (Å²) in [6.45, 7) is 3.62. The fraction of sp³-hybridized carbons (Fsp3) is 1.00. The van der Waals surface area contributed by atoms with Crippen molar-refractivity contribution in [1.82, 2.24) is 4.90 Å². The third-order valence-electron chi connectivity index (χ3n) is 4.86. The van der Waals surface area contributed by atoms with Crippen LogP contribution >= 0.6 is 0 Å². The number of nitrogens with zero attached hydrogens (tertiary/aromatic N) is 1. The van der Waals surface area contributed by atoms with Gasteiger partial charge in [0, 0.05) is 18.6 Å².